The zero-order valence-corrected chi connectivity index (χ0v) is 12.2. The van der Waals surface area contributed by atoms with Gasteiger partial charge in [-0.05, 0) is 12.0 Å². The average Bonchev–Trinajstić information content (AvgIpc) is 2.81. The fourth-order valence-electron chi connectivity index (χ4n) is 2.17. The molecule has 0 radical (unpaired) electrons. The number of ether oxygens (including phenoxy) is 1. The lowest BCUT2D eigenvalue weighted by molar-refractivity contribution is -0.150. The van der Waals surface area contributed by atoms with Gasteiger partial charge in [0, 0.05) is 25.4 Å². The first kappa shape index (κ1) is 14.3. The maximum Gasteiger partial charge on any atom is 0.303 e. The number of carbonyl (C=O) groups is 2. The molecule has 2 rings (SSSR count). The SMILES string of the molecule is CNc1sc2c(c1C#N)CCN(C(=O)COC(C)=O)C2. The van der Waals surface area contributed by atoms with Gasteiger partial charge < -0.3 is 15.0 Å². The number of hydrogen-bond donors (Lipinski definition) is 1. The summed E-state index contributed by atoms with van der Waals surface area (Å²) in [5.74, 6) is -0.667. The number of thiophene rings is 1. The number of hydrogen-bond acceptors (Lipinski definition) is 6. The van der Waals surface area contributed by atoms with Gasteiger partial charge in [-0.2, -0.15) is 5.26 Å². The number of fused-ring (bicyclic) bond motifs is 1. The van der Waals surface area contributed by atoms with Gasteiger partial charge in [-0.1, -0.05) is 0 Å². The minimum atomic E-state index is -0.462. The van der Waals surface area contributed by atoms with E-state index in [2.05, 4.69) is 11.4 Å². The van der Waals surface area contributed by atoms with E-state index in [0.29, 0.717) is 25.1 Å². The lowest BCUT2D eigenvalue weighted by Crippen LogP contribution is -2.38. The first-order chi connectivity index (χ1) is 9.56. The number of nitriles is 1. The number of esters is 1. The quantitative estimate of drug-likeness (QED) is 0.844. The molecule has 1 aliphatic rings. The second-order valence-electron chi connectivity index (χ2n) is 4.42. The molecular formula is C13H15N3O3S. The van der Waals surface area contributed by atoms with Gasteiger partial charge in [-0.15, -0.1) is 11.3 Å². The van der Waals surface area contributed by atoms with Crippen LogP contribution in [0.3, 0.4) is 0 Å². The van der Waals surface area contributed by atoms with Gasteiger partial charge in [0.25, 0.3) is 5.91 Å². The Morgan fingerprint density at radius 3 is 2.90 bits per heavy atom. The van der Waals surface area contributed by atoms with Crippen molar-refractivity contribution < 1.29 is 14.3 Å². The van der Waals surface area contributed by atoms with Gasteiger partial charge in [-0.25, -0.2) is 0 Å². The van der Waals surface area contributed by atoms with Crippen LogP contribution < -0.4 is 5.32 Å². The molecular weight excluding hydrogens is 278 g/mol. The van der Waals surface area contributed by atoms with E-state index >= 15 is 0 Å². The van der Waals surface area contributed by atoms with Crippen LogP contribution in [0.15, 0.2) is 0 Å². The van der Waals surface area contributed by atoms with Gasteiger partial charge in [0.2, 0.25) is 0 Å². The number of carbonyl (C=O) groups excluding carboxylic acids is 2. The smallest absolute Gasteiger partial charge is 0.303 e. The van der Waals surface area contributed by atoms with E-state index in [4.69, 9.17) is 4.74 Å². The summed E-state index contributed by atoms with van der Waals surface area (Å²) in [6, 6.07) is 2.21. The maximum absolute atomic E-state index is 11.9. The molecule has 0 bridgehead atoms. The molecule has 1 amide bonds. The van der Waals surface area contributed by atoms with Crippen LogP contribution in [0, 0.1) is 11.3 Å². The Hall–Kier alpha value is -2.07. The zero-order chi connectivity index (χ0) is 14.7. The standard InChI is InChI=1S/C13H15N3O3S/c1-8(17)19-7-12(18)16-4-3-9-10(5-14)13(15-2)20-11(9)6-16/h15H,3-4,6-7H2,1-2H3. The largest absolute Gasteiger partial charge is 0.456 e. The normalized spacial score (nSPS) is 13.3. The van der Waals surface area contributed by atoms with Gasteiger partial charge in [0.1, 0.15) is 11.1 Å². The third-order valence-electron chi connectivity index (χ3n) is 3.15. The lowest BCUT2D eigenvalue weighted by atomic mass is 10.0. The molecule has 7 heteroatoms. The van der Waals surface area contributed by atoms with E-state index < -0.39 is 5.97 Å². The van der Waals surface area contributed by atoms with Crippen LogP contribution in [0.25, 0.3) is 0 Å². The Balaban J connectivity index is 2.12. The summed E-state index contributed by atoms with van der Waals surface area (Å²) in [7, 11) is 1.78. The molecule has 1 N–H and O–H groups in total. The van der Waals surface area contributed by atoms with E-state index in [1.807, 2.05) is 0 Å². The van der Waals surface area contributed by atoms with Crippen LogP contribution in [-0.2, 0) is 27.3 Å². The highest BCUT2D eigenvalue weighted by Crippen LogP contribution is 2.36. The molecule has 1 aromatic rings. The molecule has 0 aromatic carbocycles. The molecule has 0 saturated carbocycles. The molecule has 1 aromatic heterocycles. The van der Waals surface area contributed by atoms with Crippen LogP contribution in [0.4, 0.5) is 5.00 Å². The Labute approximate surface area is 120 Å². The maximum atomic E-state index is 11.9. The van der Waals surface area contributed by atoms with Gasteiger partial charge in [0.05, 0.1) is 12.1 Å². The topological polar surface area (TPSA) is 82.4 Å². The predicted octanol–water partition coefficient (Wildman–Crippen LogP) is 1.11. The fourth-order valence-corrected chi connectivity index (χ4v) is 3.33. The molecule has 0 unspecified atom stereocenters. The van der Waals surface area contributed by atoms with Crippen LogP contribution in [0.1, 0.15) is 22.9 Å². The highest BCUT2D eigenvalue weighted by atomic mass is 32.1. The van der Waals surface area contributed by atoms with Crippen LogP contribution in [-0.4, -0.2) is 37.0 Å². The predicted molar refractivity (Wildman–Crippen MR) is 74.3 cm³/mol. The monoisotopic (exact) mass is 293 g/mol. The lowest BCUT2D eigenvalue weighted by Gasteiger charge is -2.26. The third-order valence-corrected chi connectivity index (χ3v) is 4.38. The van der Waals surface area contributed by atoms with Crippen molar-refractivity contribution in [3.8, 4) is 6.07 Å². The molecule has 0 saturated heterocycles. The second kappa shape index (κ2) is 5.92. The average molecular weight is 293 g/mol. The van der Waals surface area contributed by atoms with Gasteiger partial charge >= 0.3 is 5.97 Å². The second-order valence-corrected chi connectivity index (χ2v) is 5.52. The van der Waals surface area contributed by atoms with Crippen LogP contribution in [0.2, 0.25) is 0 Å². The molecule has 0 atom stereocenters. The van der Waals surface area contributed by atoms with Gasteiger partial charge in [-0.3, -0.25) is 9.59 Å². The first-order valence-electron chi connectivity index (χ1n) is 6.20. The Morgan fingerprint density at radius 1 is 1.55 bits per heavy atom. The van der Waals surface area contributed by atoms with E-state index in [1.54, 1.807) is 11.9 Å². The summed E-state index contributed by atoms with van der Waals surface area (Å²) >= 11 is 1.50. The highest BCUT2D eigenvalue weighted by molar-refractivity contribution is 7.16. The summed E-state index contributed by atoms with van der Waals surface area (Å²) in [6.45, 7) is 2.07. The summed E-state index contributed by atoms with van der Waals surface area (Å²) in [5, 5.41) is 13.0. The molecule has 1 aliphatic heterocycles. The Morgan fingerprint density at radius 2 is 2.30 bits per heavy atom. The molecule has 2 heterocycles. The summed E-state index contributed by atoms with van der Waals surface area (Å²) in [6.07, 6.45) is 0.655. The van der Waals surface area contributed by atoms with Crippen molar-refractivity contribution in [1.82, 2.24) is 4.90 Å². The summed E-state index contributed by atoms with van der Waals surface area (Å²) < 4.78 is 4.72. The number of rotatable bonds is 3. The van der Waals surface area contributed by atoms with Crippen molar-refractivity contribution in [2.24, 2.45) is 0 Å². The third kappa shape index (κ3) is 2.75. The van der Waals surface area contributed by atoms with Crippen molar-refractivity contribution in [2.45, 2.75) is 19.9 Å². The van der Waals surface area contributed by atoms with E-state index in [-0.39, 0.29) is 12.5 Å². The highest BCUT2D eigenvalue weighted by Gasteiger charge is 2.26. The van der Waals surface area contributed by atoms with E-state index in [0.717, 1.165) is 15.4 Å². The molecule has 6 nitrogen and oxygen atoms in total. The summed E-state index contributed by atoms with van der Waals surface area (Å²) in [5.41, 5.74) is 1.71. The number of amides is 1. The zero-order valence-electron chi connectivity index (χ0n) is 11.4. The molecule has 0 fully saturated rings. The van der Waals surface area contributed by atoms with Crippen molar-refractivity contribution >= 4 is 28.2 Å². The van der Waals surface area contributed by atoms with Gasteiger partial charge in [0.15, 0.2) is 6.61 Å². The molecule has 0 spiro atoms. The number of nitrogens with zero attached hydrogens (tertiary/aromatic N) is 2. The minimum Gasteiger partial charge on any atom is -0.456 e. The van der Waals surface area contributed by atoms with Crippen molar-refractivity contribution in [3.05, 3.63) is 16.0 Å². The first-order valence-corrected chi connectivity index (χ1v) is 7.02. The Bertz CT molecular complexity index is 588. The molecule has 106 valence electrons. The number of nitrogens with one attached hydrogen (secondary N) is 1. The summed E-state index contributed by atoms with van der Waals surface area (Å²) in [4.78, 5) is 25.3. The minimum absolute atomic E-state index is 0.205. The van der Waals surface area contributed by atoms with Crippen molar-refractivity contribution in [1.29, 1.82) is 5.26 Å². The number of anilines is 1. The molecule has 20 heavy (non-hydrogen) atoms. The van der Waals surface area contributed by atoms with Crippen LogP contribution >= 0.6 is 11.3 Å². The molecule has 0 aliphatic carbocycles. The van der Waals surface area contributed by atoms with Crippen LogP contribution in [0.5, 0.6) is 0 Å². The van der Waals surface area contributed by atoms with Crippen molar-refractivity contribution in [2.75, 3.05) is 25.5 Å². The van der Waals surface area contributed by atoms with E-state index in [9.17, 15) is 14.9 Å². The van der Waals surface area contributed by atoms with Crippen molar-refractivity contribution in [3.63, 3.8) is 0 Å². The fraction of sp³-hybridized carbons (Fsp3) is 0.462. The van der Waals surface area contributed by atoms with E-state index in [1.165, 1.54) is 18.3 Å². The Kier molecular flexibility index (Phi) is 4.25.